The molecule has 128 valence electrons. The summed E-state index contributed by atoms with van der Waals surface area (Å²) >= 11 is 0. The summed E-state index contributed by atoms with van der Waals surface area (Å²) in [6.45, 7) is 0.476. The largest absolute Gasteiger partial charge is 0.401 e. The molecular formula is C16H22F3N3O. The molecule has 2 N–H and O–H groups in total. The molecule has 2 rings (SSSR count). The Morgan fingerprint density at radius 2 is 1.83 bits per heavy atom. The van der Waals surface area contributed by atoms with Crippen LogP contribution < -0.4 is 5.73 Å². The van der Waals surface area contributed by atoms with Crippen molar-refractivity contribution in [3.63, 3.8) is 0 Å². The van der Waals surface area contributed by atoms with Crippen LogP contribution in [-0.2, 0) is 4.79 Å². The molecule has 1 aliphatic heterocycles. The Morgan fingerprint density at radius 1 is 1.13 bits per heavy atom. The van der Waals surface area contributed by atoms with E-state index in [4.69, 9.17) is 5.73 Å². The predicted octanol–water partition coefficient (Wildman–Crippen LogP) is 2.17. The fourth-order valence-corrected chi connectivity index (χ4v) is 2.77. The number of rotatable bonds is 4. The molecule has 7 heteroatoms. The summed E-state index contributed by atoms with van der Waals surface area (Å²) < 4.78 is 37.3. The molecule has 1 atom stereocenters. The first-order valence-electron chi connectivity index (χ1n) is 7.72. The van der Waals surface area contributed by atoms with Gasteiger partial charge in [-0.3, -0.25) is 9.69 Å². The number of amides is 1. The number of benzene rings is 1. The summed E-state index contributed by atoms with van der Waals surface area (Å²) in [4.78, 5) is 15.3. The monoisotopic (exact) mass is 329 g/mol. The van der Waals surface area contributed by atoms with Gasteiger partial charge in [0.2, 0.25) is 5.91 Å². The highest BCUT2D eigenvalue weighted by molar-refractivity contribution is 5.77. The fraction of sp³-hybridized carbons (Fsp3) is 0.562. The molecule has 0 aliphatic carbocycles. The van der Waals surface area contributed by atoms with E-state index in [1.165, 1.54) is 4.90 Å². The van der Waals surface area contributed by atoms with Gasteiger partial charge in [0.05, 0.1) is 6.54 Å². The normalized spacial score (nSPS) is 18.5. The van der Waals surface area contributed by atoms with Crippen molar-refractivity contribution in [1.82, 2.24) is 9.80 Å². The molecule has 23 heavy (non-hydrogen) atoms. The Hall–Kier alpha value is -1.60. The van der Waals surface area contributed by atoms with E-state index in [2.05, 4.69) is 0 Å². The van der Waals surface area contributed by atoms with Crippen molar-refractivity contribution in [3.8, 4) is 0 Å². The molecule has 1 amide bonds. The van der Waals surface area contributed by atoms with E-state index in [0.717, 1.165) is 5.56 Å². The van der Waals surface area contributed by atoms with E-state index < -0.39 is 18.8 Å². The maximum absolute atomic E-state index is 12.4. The maximum Gasteiger partial charge on any atom is 0.401 e. The topological polar surface area (TPSA) is 49.6 Å². The van der Waals surface area contributed by atoms with Gasteiger partial charge in [0, 0.05) is 38.6 Å². The quantitative estimate of drug-likeness (QED) is 0.921. The SMILES string of the molecule is NC(CC(=O)N1CCCN(CC(F)(F)F)CC1)c1ccccc1. The van der Waals surface area contributed by atoms with Crippen LogP contribution in [0.4, 0.5) is 13.2 Å². The first-order valence-corrected chi connectivity index (χ1v) is 7.72. The molecule has 1 saturated heterocycles. The average Bonchev–Trinajstić information content (AvgIpc) is 2.72. The number of alkyl halides is 3. The number of carbonyl (C=O) groups is 1. The lowest BCUT2D eigenvalue weighted by molar-refractivity contribution is -0.145. The van der Waals surface area contributed by atoms with E-state index >= 15 is 0 Å². The highest BCUT2D eigenvalue weighted by Crippen LogP contribution is 2.19. The van der Waals surface area contributed by atoms with Gasteiger partial charge in [0.25, 0.3) is 0 Å². The zero-order valence-electron chi connectivity index (χ0n) is 12.9. The first kappa shape index (κ1) is 17.7. The number of hydrogen-bond donors (Lipinski definition) is 1. The van der Waals surface area contributed by atoms with Crippen LogP contribution >= 0.6 is 0 Å². The van der Waals surface area contributed by atoms with Crippen molar-refractivity contribution in [2.75, 3.05) is 32.7 Å². The summed E-state index contributed by atoms with van der Waals surface area (Å²) in [6.07, 6.45) is -3.49. The van der Waals surface area contributed by atoms with Crippen LogP contribution in [-0.4, -0.2) is 54.6 Å². The second kappa shape index (κ2) is 7.79. The zero-order chi connectivity index (χ0) is 16.9. The number of carbonyl (C=O) groups excluding carboxylic acids is 1. The third kappa shape index (κ3) is 5.84. The van der Waals surface area contributed by atoms with Gasteiger partial charge in [0.15, 0.2) is 0 Å². The Balaban J connectivity index is 1.86. The summed E-state index contributed by atoms with van der Waals surface area (Å²) in [5.41, 5.74) is 6.93. The highest BCUT2D eigenvalue weighted by atomic mass is 19.4. The molecule has 1 aromatic carbocycles. The van der Waals surface area contributed by atoms with Gasteiger partial charge in [-0.05, 0) is 12.0 Å². The lowest BCUT2D eigenvalue weighted by atomic mass is 10.0. The van der Waals surface area contributed by atoms with Crippen molar-refractivity contribution >= 4 is 5.91 Å². The van der Waals surface area contributed by atoms with Crippen LogP contribution in [0.5, 0.6) is 0 Å². The smallest absolute Gasteiger partial charge is 0.341 e. The molecule has 1 aromatic rings. The van der Waals surface area contributed by atoms with Crippen LogP contribution in [0.1, 0.15) is 24.4 Å². The Bertz CT molecular complexity index is 507. The summed E-state index contributed by atoms with van der Waals surface area (Å²) in [6, 6.07) is 8.94. The number of halogens is 3. The molecule has 1 aliphatic rings. The van der Waals surface area contributed by atoms with Gasteiger partial charge in [-0.15, -0.1) is 0 Å². The second-order valence-corrected chi connectivity index (χ2v) is 5.85. The van der Waals surface area contributed by atoms with Crippen molar-refractivity contribution in [2.24, 2.45) is 5.73 Å². The lowest BCUT2D eigenvalue weighted by Crippen LogP contribution is -2.39. The minimum Gasteiger partial charge on any atom is -0.341 e. The Morgan fingerprint density at radius 3 is 2.48 bits per heavy atom. The van der Waals surface area contributed by atoms with Crippen LogP contribution in [0.15, 0.2) is 30.3 Å². The van der Waals surface area contributed by atoms with Gasteiger partial charge in [0.1, 0.15) is 0 Å². The minimum absolute atomic E-state index is 0.102. The number of hydrogen-bond acceptors (Lipinski definition) is 3. The van der Waals surface area contributed by atoms with Crippen molar-refractivity contribution < 1.29 is 18.0 Å². The van der Waals surface area contributed by atoms with Gasteiger partial charge in [-0.2, -0.15) is 13.2 Å². The van der Waals surface area contributed by atoms with E-state index in [1.54, 1.807) is 4.90 Å². The van der Waals surface area contributed by atoms with E-state index in [0.29, 0.717) is 26.1 Å². The van der Waals surface area contributed by atoms with E-state index in [9.17, 15) is 18.0 Å². The van der Waals surface area contributed by atoms with Crippen molar-refractivity contribution in [2.45, 2.75) is 25.1 Å². The first-order chi connectivity index (χ1) is 10.8. The lowest BCUT2D eigenvalue weighted by Gasteiger charge is -2.24. The van der Waals surface area contributed by atoms with Crippen molar-refractivity contribution in [1.29, 1.82) is 0 Å². The molecule has 4 nitrogen and oxygen atoms in total. The van der Waals surface area contributed by atoms with Crippen LogP contribution in [0, 0.1) is 0 Å². The van der Waals surface area contributed by atoms with E-state index in [-0.39, 0.29) is 18.9 Å². The van der Waals surface area contributed by atoms with Gasteiger partial charge < -0.3 is 10.6 Å². The average molecular weight is 329 g/mol. The van der Waals surface area contributed by atoms with Crippen LogP contribution in [0.3, 0.4) is 0 Å². The zero-order valence-corrected chi connectivity index (χ0v) is 12.9. The maximum atomic E-state index is 12.4. The Kier molecular flexibility index (Phi) is 6.01. The number of nitrogens with zero attached hydrogens (tertiary/aromatic N) is 2. The van der Waals surface area contributed by atoms with Crippen LogP contribution in [0.2, 0.25) is 0 Å². The molecule has 1 unspecified atom stereocenters. The highest BCUT2D eigenvalue weighted by Gasteiger charge is 2.32. The molecule has 1 heterocycles. The molecule has 0 aromatic heterocycles. The standard InChI is InChI=1S/C16H22F3N3O/c17-16(18,19)12-21-7-4-8-22(10-9-21)15(23)11-14(20)13-5-2-1-3-6-13/h1-3,5-6,14H,4,7-12,20H2. The summed E-state index contributed by atoms with van der Waals surface area (Å²) in [7, 11) is 0. The second-order valence-electron chi connectivity index (χ2n) is 5.85. The summed E-state index contributed by atoms with van der Waals surface area (Å²) in [5, 5.41) is 0. The van der Waals surface area contributed by atoms with Gasteiger partial charge >= 0.3 is 6.18 Å². The van der Waals surface area contributed by atoms with Gasteiger partial charge in [-0.25, -0.2) is 0 Å². The number of nitrogens with two attached hydrogens (primary N) is 1. The molecule has 1 fully saturated rings. The third-order valence-corrected chi connectivity index (χ3v) is 3.97. The molecule has 0 spiro atoms. The van der Waals surface area contributed by atoms with Crippen LogP contribution in [0.25, 0.3) is 0 Å². The third-order valence-electron chi connectivity index (χ3n) is 3.97. The minimum atomic E-state index is -4.20. The van der Waals surface area contributed by atoms with Gasteiger partial charge in [-0.1, -0.05) is 30.3 Å². The molecule has 0 saturated carbocycles. The predicted molar refractivity (Wildman–Crippen MR) is 81.7 cm³/mol. The Labute approximate surface area is 134 Å². The fourth-order valence-electron chi connectivity index (χ4n) is 2.77. The molecule has 0 radical (unpaired) electrons. The molecular weight excluding hydrogens is 307 g/mol. The van der Waals surface area contributed by atoms with E-state index in [1.807, 2.05) is 30.3 Å². The van der Waals surface area contributed by atoms with Crippen molar-refractivity contribution in [3.05, 3.63) is 35.9 Å². The molecule has 0 bridgehead atoms. The summed E-state index contributed by atoms with van der Waals surface area (Å²) in [5.74, 6) is -0.102.